The third-order valence-electron chi connectivity index (χ3n) is 6.02. The molecule has 2 aromatic rings. The number of aliphatic hydroxyl groups is 1. The summed E-state index contributed by atoms with van der Waals surface area (Å²) in [5, 5.41) is 11.2. The lowest BCUT2D eigenvalue weighted by Gasteiger charge is -2.28. The van der Waals surface area contributed by atoms with E-state index in [0.29, 0.717) is 29.2 Å². The Bertz CT molecular complexity index is 1050. The summed E-state index contributed by atoms with van der Waals surface area (Å²) in [6.45, 7) is 2.83. The van der Waals surface area contributed by atoms with Gasteiger partial charge >= 0.3 is 0 Å². The van der Waals surface area contributed by atoms with E-state index in [-0.39, 0.29) is 24.0 Å². The molecule has 1 N–H and O–H groups in total. The van der Waals surface area contributed by atoms with Gasteiger partial charge in [-0.25, -0.2) is 0 Å². The van der Waals surface area contributed by atoms with Crippen LogP contribution in [-0.2, 0) is 14.3 Å². The fourth-order valence-corrected chi connectivity index (χ4v) is 4.31. The van der Waals surface area contributed by atoms with Crippen molar-refractivity contribution in [1.82, 2.24) is 4.90 Å². The molecule has 2 fully saturated rings. The van der Waals surface area contributed by atoms with Gasteiger partial charge in [-0.05, 0) is 31.9 Å². The zero-order chi connectivity index (χ0) is 22.8. The predicted octanol–water partition coefficient (Wildman–Crippen LogP) is 3.61. The van der Waals surface area contributed by atoms with Crippen LogP contribution in [0.5, 0.6) is 11.5 Å². The number of aryl methyl sites for hydroxylation is 1. The van der Waals surface area contributed by atoms with Crippen molar-refractivity contribution in [2.45, 2.75) is 31.9 Å². The number of amides is 1. The maximum atomic E-state index is 13.2. The average Bonchev–Trinajstić information content (AvgIpc) is 3.41. The molecule has 2 saturated heterocycles. The number of ether oxygens (including phenoxy) is 3. The normalized spacial score (nSPS) is 22.4. The summed E-state index contributed by atoms with van der Waals surface area (Å²) in [4.78, 5) is 27.8. The molecule has 0 spiro atoms. The van der Waals surface area contributed by atoms with Crippen molar-refractivity contribution in [3.8, 4) is 11.5 Å². The lowest BCUT2D eigenvalue weighted by molar-refractivity contribution is -0.140. The van der Waals surface area contributed by atoms with Gasteiger partial charge in [-0.15, -0.1) is 0 Å². The van der Waals surface area contributed by atoms with Crippen LogP contribution in [-0.4, -0.2) is 55.2 Å². The molecule has 2 atom stereocenters. The molecule has 0 unspecified atom stereocenters. The van der Waals surface area contributed by atoms with Gasteiger partial charge < -0.3 is 24.2 Å². The van der Waals surface area contributed by atoms with Gasteiger partial charge in [-0.2, -0.15) is 0 Å². The number of benzene rings is 2. The first kappa shape index (κ1) is 21.9. The maximum Gasteiger partial charge on any atom is 0.295 e. The Hall–Kier alpha value is -3.32. The Balaban J connectivity index is 1.87. The lowest BCUT2D eigenvalue weighted by atomic mass is 9.94. The van der Waals surface area contributed by atoms with Crippen LogP contribution >= 0.6 is 0 Å². The number of hydrogen-bond acceptors (Lipinski definition) is 6. The zero-order valence-electron chi connectivity index (χ0n) is 18.5. The van der Waals surface area contributed by atoms with Gasteiger partial charge in [0.25, 0.3) is 11.7 Å². The highest BCUT2D eigenvalue weighted by molar-refractivity contribution is 6.46. The van der Waals surface area contributed by atoms with Crippen LogP contribution < -0.4 is 9.47 Å². The highest BCUT2D eigenvalue weighted by atomic mass is 16.5. The quantitative estimate of drug-likeness (QED) is 0.422. The van der Waals surface area contributed by atoms with Crippen LogP contribution in [0.2, 0.25) is 0 Å². The minimum Gasteiger partial charge on any atom is -0.507 e. The van der Waals surface area contributed by atoms with Crippen molar-refractivity contribution >= 4 is 17.4 Å². The second kappa shape index (κ2) is 9.04. The smallest absolute Gasteiger partial charge is 0.295 e. The minimum absolute atomic E-state index is 0.0420. The van der Waals surface area contributed by atoms with Gasteiger partial charge in [0.15, 0.2) is 0 Å². The number of aliphatic hydroxyl groups excluding tert-OH is 1. The highest BCUT2D eigenvalue weighted by Crippen LogP contribution is 2.44. The molecule has 32 heavy (non-hydrogen) atoms. The Labute approximate surface area is 187 Å². The second-order valence-electron chi connectivity index (χ2n) is 8.06. The number of rotatable bonds is 6. The van der Waals surface area contributed by atoms with Crippen LogP contribution in [0.1, 0.15) is 35.6 Å². The number of ketones is 1. The first-order valence-corrected chi connectivity index (χ1v) is 10.6. The fourth-order valence-electron chi connectivity index (χ4n) is 4.31. The molecule has 2 aliphatic rings. The summed E-state index contributed by atoms with van der Waals surface area (Å²) in [5.74, 6) is -0.536. The number of hydrogen-bond donors (Lipinski definition) is 1. The Kier molecular flexibility index (Phi) is 6.19. The molecule has 2 aromatic carbocycles. The Morgan fingerprint density at radius 1 is 1.12 bits per heavy atom. The third kappa shape index (κ3) is 3.96. The summed E-state index contributed by atoms with van der Waals surface area (Å²) in [7, 11) is 3.07. The molecule has 4 rings (SSSR count). The van der Waals surface area contributed by atoms with E-state index in [1.54, 1.807) is 37.4 Å². The Morgan fingerprint density at radius 3 is 2.50 bits per heavy atom. The number of methoxy groups -OCH3 is 2. The molecule has 168 valence electrons. The van der Waals surface area contributed by atoms with E-state index >= 15 is 0 Å². The summed E-state index contributed by atoms with van der Waals surface area (Å²) in [5.41, 5.74) is 2.14. The number of likely N-dealkylation sites (tertiary alicyclic amines) is 1. The molecular weight excluding hydrogens is 410 g/mol. The number of carbonyl (C=O) groups is 2. The maximum absolute atomic E-state index is 13.2. The van der Waals surface area contributed by atoms with E-state index in [0.717, 1.165) is 18.4 Å². The summed E-state index contributed by atoms with van der Waals surface area (Å²) in [6.07, 6.45) is 1.57. The van der Waals surface area contributed by atoms with Crippen LogP contribution in [0.15, 0.2) is 48.0 Å². The van der Waals surface area contributed by atoms with Crippen molar-refractivity contribution in [3.63, 3.8) is 0 Å². The molecule has 2 aliphatic heterocycles. The fraction of sp³-hybridized carbons (Fsp3) is 0.360. The van der Waals surface area contributed by atoms with Crippen molar-refractivity contribution in [2.75, 3.05) is 27.4 Å². The van der Waals surface area contributed by atoms with E-state index in [9.17, 15) is 14.7 Å². The number of Topliss-reactive ketones (excluding diaryl/α,β-unsaturated/α-hetero) is 1. The molecule has 7 heteroatoms. The molecular formula is C25H27NO6. The summed E-state index contributed by atoms with van der Waals surface area (Å²) < 4.78 is 16.6. The summed E-state index contributed by atoms with van der Waals surface area (Å²) in [6, 6.07) is 11.6. The standard InChI is InChI=1S/C25H27NO6/c1-15-6-8-16(9-7-15)23(27)21-22(19-11-10-17(30-2)13-20(19)31-3)26(25(29)24(21)28)14-18-5-4-12-32-18/h6-11,13,18,22,27H,4-5,12,14H2,1-3H3/t18-,22+/m1/s1. The summed E-state index contributed by atoms with van der Waals surface area (Å²) >= 11 is 0. The lowest BCUT2D eigenvalue weighted by Crippen LogP contribution is -2.36. The SMILES string of the molecule is COc1ccc([C@H]2C(=C(O)c3ccc(C)cc3)C(=O)C(=O)N2C[C@H]2CCCO2)c(OC)c1. The first-order chi connectivity index (χ1) is 15.4. The van der Waals surface area contributed by atoms with E-state index in [1.165, 1.54) is 12.0 Å². The van der Waals surface area contributed by atoms with Gasteiger partial charge in [0.2, 0.25) is 0 Å². The largest absolute Gasteiger partial charge is 0.507 e. The van der Waals surface area contributed by atoms with Crippen molar-refractivity contribution in [1.29, 1.82) is 0 Å². The van der Waals surface area contributed by atoms with Gasteiger partial charge in [0.05, 0.1) is 31.9 Å². The van der Waals surface area contributed by atoms with Gasteiger partial charge in [0.1, 0.15) is 17.3 Å². The highest BCUT2D eigenvalue weighted by Gasteiger charge is 2.48. The van der Waals surface area contributed by atoms with Gasteiger partial charge in [0, 0.05) is 30.3 Å². The number of nitrogens with zero attached hydrogens (tertiary/aromatic N) is 1. The van der Waals surface area contributed by atoms with Crippen molar-refractivity contribution < 1.29 is 28.9 Å². The van der Waals surface area contributed by atoms with E-state index in [1.807, 2.05) is 19.1 Å². The predicted molar refractivity (Wildman–Crippen MR) is 119 cm³/mol. The minimum atomic E-state index is -0.804. The zero-order valence-corrected chi connectivity index (χ0v) is 18.5. The van der Waals surface area contributed by atoms with Crippen LogP contribution in [0, 0.1) is 6.92 Å². The molecule has 7 nitrogen and oxygen atoms in total. The van der Waals surface area contributed by atoms with Crippen LogP contribution in [0.25, 0.3) is 5.76 Å². The molecule has 0 aromatic heterocycles. The van der Waals surface area contributed by atoms with E-state index in [2.05, 4.69) is 0 Å². The van der Waals surface area contributed by atoms with E-state index < -0.39 is 17.7 Å². The topological polar surface area (TPSA) is 85.3 Å². The molecule has 0 bridgehead atoms. The van der Waals surface area contributed by atoms with Crippen LogP contribution in [0.4, 0.5) is 0 Å². The van der Waals surface area contributed by atoms with E-state index in [4.69, 9.17) is 14.2 Å². The third-order valence-corrected chi connectivity index (χ3v) is 6.02. The number of carbonyl (C=O) groups excluding carboxylic acids is 2. The molecule has 0 aliphatic carbocycles. The average molecular weight is 437 g/mol. The van der Waals surface area contributed by atoms with Gasteiger partial charge in [-0.1, -0.05) is 29.8 Å². The van der Waals surface area contributed by atoms with Gasteiger partial charge in [-0.3, -0.25) is 9.59 Å². The van der Waals surface area contributed by atoms with Crippen LogP contribution in [0.3, 0.4) is 0 Å². The van der Waals surface area contributed by atoms with Crippen molar-refractivity contribution in [2.24, 2.45) is 0 Å². The monoisotopic (exact) mass is 437 g/mol. The second-order valence-corrected chi connectivity index (χ2v) is 8.06. The first-order valence-electron chi connectivity index (χ1n) is 10.6. The van der Waals surface area contributed by atoms with Crippen molar-refractivity contribution in [3.05, 3.63) is 64.7 Å². The Morgan fingerprint density at radius 2 is 1.88 bits per heavy atom. The molecule has 2 heterocycles. The molecule has 1 amide bonds. The molecule has 0 saturated carbocycles. The molecule has 0 radical (unpaired) electrons.